The molecule has 7 nitrogen and oxygen atoms in total. The molecule has 3 rings (SSSR count). The number of hydrogen-bond acceptors (Lipinski definition) is 7. The quantitative estimate of drug-likeness (QED) is 0.822. The number of likely N-dealkylation sites (N-methyl/N-ethyl adjacent to an activating group) is 1. The van der Waals surface area contributed by atoms with Crippen molar-refractivity contribution in [2.24, 2.45) is 4.99 Å². The van der Waals surface area contributed by atoms with Crippen LogP contribution in [0, 0.1) is 0 Å². The average molecular weight is 386 g/mol. The largest absolute Gasteiger partial charge is 0.493 e. The van der Waals surface area contributed by atoms with Gasteiger partial charge in [-0.1, -0.05) is 0 Å². The maximum absolute atomic E-state index is 9.84. The molecule has 0 radical (unpaired) electrons. The van der Waals surface area contributed by atoms with Crippen LogP contribution < -0.4 is 23.8 Å². The van der Waals surface area contributed by atoms with Gasteiger partial charge >= 0.3 is 0 Å². The fraction of sp³-hybridized carbons (Fsp3) is 0.381. The number of nitrogens with zero attached hydrogens (tertiary/aromatic N) is 2. The van der Waals surface area contributed by atoms with E-state index in [1.807, 2.05) is 42.3 Å². The summed E-state index contributed by atoms with van der Waals surface area (Å²) in [7, 11) is 8.36. The van der Waals surface area contributed by atoms with E-state index >= 15 is 0 Å². The summed E-state index contributed by atoms with van der Waals surface area (Å²) in [5.41, 5.74) is 3.48. The van der Waals surface area contributed by atoms with Crippen LogP contribution in [-0.2, 0) is 0 Å². The van der Waals surface area contributed by atoms with Crippen LogP contribution >= 0.6 is 0 Å². The van der Waals surface area contributed by atoms with E-state index in [0.717, 1.165) is 22.5 Å². The second-order valence-corrected chi connectivity index (χ2v) is 6.43. The topological polar surface area (TPSA) is 72.8 Å². The Labute approximate surface area is 165 Å². The van der Waals surface area contributed by atoms with E-state index in [0.29, 0.717) is 29.5 Å². The number of benzodiazepines with no additional fused rings is 1. The molecule has 1 aliphatic heterocycles. The van der Waals surface area contributed by atoms with E-state index < -0.39 is 0 Å². The van der Waals surface area contributed by atoms with E-state index in [4.69, 9.17) is 23.9 Å². The lowest BCUT2D eigenvalue weighted by Gasteiger charge is -2.28. The van der Waals surface area contributed by atoms with Crippen LogP contribution in [0.3, 0.4) is 0 Å². The lowest BCUT2D eigenvalue weighted by molar-refractivity contribution is 0.265. The number of aliphatic imine (C=N–C) groups is 1. The monoisotopic (exact) mass is 386 g/mol. The molecule has 1 unspecified atom stereocenters. The Hall–Kier alpha value is -2.93. The molecule has 0 saturated heterocycles. The SMILES string of the molecule is COc1ccc(C2=NCC(CO)N(C)c3cc(OC)c(OC)cc32)cc1OC. The Morgan fingerprint density at radius 1 is 0.929 bits per heavy atom. The third-order valence-corrected chi connectivity index (χ3v) is 5.01. The van der Waals surface area contributed by atoms with E-state index in [1.165, 1.54) is 0 Å². The van der Waals surface area contributed by atoms with Crippen molar-refractivity contribution in [3.05, 3.63) is 41.5 Å². The third-order valence-electron chi connectivity index (χ3n) is 5.01. The van der Waals surface area contributed by atoms with Crippen LogP contribution in [0.25, 0.3) is 0 Å². The molecule has 1 N–H and O–H groups in total. The molecule has 1 atom stereocenters. The minimum absolute atomic E-state index is 0.00695. The molecule has 2 aromatic rings. The Bertz CT molecular complexity index is 881. The van der Waals surface area contributed by atoms with Crippen LogP contribution in [0.15, 0.2) is 35.3 Å². The molecule has 28 heavy (non-hydrogen) atoms. The Balaban J connectivity index is 2.22. The van der Waals surface area contributed by atoms with Gasteiger partial charge in [0.25, 0.3) is 0 Å². The fourth-order valence-electron chi connectivity index (χ4n) is 3.36. The number of fused-ring (bicyclic) bond motifs is 1. The number of aliphatic hydroxyl groups excluding tert-OH is 1. The van der Waals surface area contributed by atoms with Crippen molar-refractivity contribution in [1.29, 1.82) is 0 Å². The Morgan fingerprint density at radius 2 is 1.54 bits per heavy atom. The molecule has 0 aliphatic carbocycles. The summed E-state index contributed by atoms with van der Waals surface area (Å²) in [5, 5.41) is 9.84. The van der Waals surface area contributed by atoms with Crippen molar-refractivity contribution in [2.75, 3.05) is 53.5 Å². The maximum atomic E-state index is 9.84. The van der Waals surface area contributed by atoms with E-state index in [1.54, 1.807) is 28.4 Å². The molecule has 0 bridgehead atoms. The second-order valence-electron chi connectivity index (χ2n) is 6.43. The zero-order chi connectivity index (χ0) is 20.3. The number of benzene rings is 2. The number of hydrogen-bond donors (Lipinski definition) is 1. The predicted octanol–water partition coefficient (Wildman–Crippen LogP) is 2.37. The lowest BCUT2D eigenvalue weighted by atomic mass is 9.99. The van der Waals surface area contributed by atoms with Crippen LogP contribution in [-0.4, -0.2) is 65.5 Å². The standard InChI is InChI=1S/C21H26N2O5/c1-23-14(12-24)11-22-21(13-6-7-17(25-2)18(8-13)26-3)15-9-19(27-4)20(28-5)10-16(15)23/h6-10,14,24H,11-12H2,1-5H3. The van der Waals surface area contributed by atoms with Crippen molar-refractivity contribution in [2.45, 2.75) is 6.04 Å². The van der Waals surface area contributed by atoms with Gasteiger partial charge in [0, 0.05) is 24.2 Å². The van der Waals surface area contributed by atoms with Crippen molar-refractivity contribution in [3.63, 3.8) is 0 Å². The molecular formula is C21H26N2O5. The molecule has 1 heterocycles. The number of methoxy groups -OCH3 is 4. The van der Waals surface area contributed by atoms with Crippen LogP contribution in [0.5, 0.6) is 23.0 Å². The van der Waals surface area contributed by atoms with E-state index in [2.05, 4.69) is 0 Å². The van der Waals surface area contributed by atoms with Crippen LogP contribution in [0.1, 0.15) is 11.1 Å². The first-order valence-electron chi connectivity index (χ1n) is 8.94. The summed E-state index contributed by atoms with van der Waals surface area (Å²) < 4.78 is 21.8. The molecular weight excluding hydrogens is 360 g/mol. The first-order chi connectivity index (χ1) is 13.6. The Kier molecular flexibility index (Phi) is 5.94. The molecule has 0 fully saturated rings. The van der Waals surface area contributed by atoms with Gasteiger partial charge in [-0.05, 0) is 24.3 Å². The summed E-state index contributed by atoms with van der Waals surface area (Å²) in [5.74, 6) is 2.52. The first-order valence-corrected chi connectivity index (χ1v) is 8.94. The zero-order valence-corrected chi connectivity index (χ0v) is 16.9. The molecule has 2 aromatic carbocycles. The summed E-state index contributed by atoms with van der Waals surface area (Å²) in [6, 6.07) is 9.39. The number of rotatable bonds is 6. The molecule has 7 heteroatoms. The zero-order valence-electron chi connectivity index (χ0n) is 16.9. The fourth-order valence-corrected chi connectivity index (χ4v) is 3.36. The highest BCUT2D eigenvalue weighted by Gasteiger charge is 2.26. The van der Waals surface area contributed by atoms with Gasteiger partial charge in [0.1, 0.15) is 0 Å². The average Bonchev–Trinajstić information content (AvgIpc) is 2.88. The molecule has 0 amide bonds. The highest BCUT2D eigenvalue weighted by molar-refractivity contribution is 6.17. The molecule has 150 valence electrons. The summed E-state index contributed by atoms with van der Waals surface area (Å²) in [6.45, 7) is 0.447. The minimum Gasteiger partial charge on any atom is -0.493 e. The maximum Gasteiger partial charge on any atom is 0.162 e. The highest BCUT2D eigenvalue weighted by atomic mass is 16.5. The highest BCUT2D eigenvalue weighted by Crippen LogP contribution is 2.39. The Morgan fingerprint density at radius 3 is 2.14 bits per heavy atom. The first kappa shape index (κ1) is 19.8. The molecule has 0 saturated carbocycles. The number of aliphatic hydroxyl groups is 1. The predicted molar refractivity (Wildman–Crippen MR) is 109 cm³/mol. The van der Waals surface area contributed by atoms with Gasteiger partial charge in [-0.3, -0.25) is 4.99 Å². The number of anilines is 1. The summed E-state index contributed by atoms with van der Waals surface area (Å²) >= 11 is 0. The van der Waals surface area contributed by atoms with Crippen molar-refractivity contribution >= 4 is 11.4 Å². The van der Waals surface area contributed by atoms with E-state index in [9.17, 15) is 5.11 Å². The van der Waals surface area contributed by atoms with Gasteiger partial charge in [0.2, 0.25) is 0 Å². The van der Waals surface area contributed by atoms with Gasteiger partial charge in [-0.15, -0.1) is 0 Å². The van der Waals surface area contributed by atoms with Gasteiger partial charge in [0.05, 0.1) is 59.0 Å². The third kappa shape index (κ3) is 3.45. The number of ether oxygens (including phenoxy) is 4. The minimum atomic E-state index is -0.144. The molecule has 0 spiro atoms. The summed E-state index contributed by atoms with van der Waals surface area (Å²) in [4.78, 5) is 6.84. The van der Waals surface area contributed by atoms with Crippen molar-refractivity contribution in [3.8, 4) is 23.0 Å². The molecule has 0 aromatic heterocycles. The second kappa shape index (κ2) is 8.39. The van der Waals surface area contributed by atoms with Crippen LogP contribution in [0.2, 0.25) is 0 Å². The van der Waals surface area contributed by atoms with Crippen LogP contribution in [0.4, 0.5) is 5.69 Å². The molecule has 1 aliphatic rings. The van der Waals surface area contributed by atoms with Gasteiger partial charge in [-0.2, -0.15) is 0 Å². The van der Waals surface area contributed by atoms with Crippen molar-refractivity contribution in [1.82, 2.24) is 0 Å². The van der Waals surface area contributed by atoms with Gasteiger partial charge < -0.3 is 29.0 Å². The smallest absolute Gasteiger partial charge is 0.162 e. The van der Waals surface area contributed by atoms with E-state index in [-0.39, 0.29) is 12.6 Å². The normalized spacial score (nSPS) is 16.0. The summed E-state index contributed by atoms with van der Waals surface area (Å²) in [6.07, 6.45) is 0. The van der Waals surface area contributed by atoms with Gasteiger partial charge in [0.15, 0.2) is 23.0 Å². The van der Waals surface area contributed by atoms with Gasteiger partial charge in [-0.25, -0.2) is 0 Å². The lowest BCUT2D eigenvalue weighted by Crippen LogP contribution is -2.36. The van der Waals surface area contributed by atoms with Crippen molar-refractivity contribution < 1.29 is 24.1 Å².